The summed E-state index contributed by atoms with van der Waals surface area (Å²) in [5, 5.41) is 5.21. The predicted octanol–water partition coefficient (Wildman–Crippen LogP) is 1.17. The third-order valence-electron chi connectivity index (χ3n) is 6.07. The summed E-state index contributed by atoms with van der Waals surface area (Å²) in [4.78, 5) is 34.6. The first kappa shape index (κ1) is 19.5. The van der Waals surface area contributed by atoms with E-state index in [1.165, 1.54) is 15.9 Å². The topological polar surface area (TPSA) is 80.0 Å². The number of piperidine rings is 2. The minimum absolute atomic E-state index is 0.109. The lowest BCUT2D eigenvalue weighted by molar-refractivity contribution is -0.156. The molecule has 4 heterocycles. The van der Waals surface area contributed by atoms with Crippen molar-refractivity contribution in [2.45, 2.75) is 45.3 Å². The predicted molar refractivity (Wildman–Crippen MR) is 107 cm³/mol. The number of rotatable bonds is 4. The van der Waals surface area contributed by atoms with Gasteiger partial charge in [0, 0.05) is 33.3 Å². The normalized spacial score (nSPS) is 23.0. The van der Waals surface area contributed by atoms with E-state index in [4.69, 9.17) is 4.74 Å². The lowest BCUT2D eigenvalue weighted by Crippen LogP contribution is -2.56. The number of nitrogens with zero attached hydrogens (tertiary/aromatic N) is 5. The zero-order valence-corrected chi connectivity index (χ0v) is 17.5. The molecule has 152 valence electrons. The molecule has 0 N–H and O–H groups in total. The number of hydrogen-bond acceptors (Lipinski definition) is 7. The number of carbonyl (C=O) groups is 1. The van der Waals surface area contributed by atoms with Gasteiger partial charge in [0.2, 0.25) is 10.9 Å². The summed E-state index contributed by atoms with van der Waals surface area (Å²) < 4.78 is 6.95. The molecule has 2 aromatic rings. The van der Waals surface area contributed by atoms with E-state index in [0.717, 1.165) is 49.5 Å². The number of likely N-dealkylation sites (N-methyl/N-ethyl adjacent to an activating group) is 1. The van der Waals surface area contributed by atoms with Gasteiger partial charge in [0.25, 0.3) is 5.56 Å². The second-order valence-corrected chi connectivity index (χ2v) is 8.97. The van der Waals surface area contributed by atoms with Gasteiger partial charge in [-0.3, -0.25) is 14.5 Å². The molecular formula is C19H27N5O3S. The van der Waals surface area contributed by atoms with Crippen molar-refractivity contribution in [2.24, 2.45) is 5.41 Å². The van der Waals surface area contributed by atoms with Crippen LogP contribution < -0.4 is 5.56 Å². The number of fused-ring (bicyclic) bond motifs is 1. The van der Waals surface area contributed by atoms with Crippen LogP contribution in [-0.2, 0) is 22.5 Å². The van der Waals surface area contributed by atoms with Crippen LogP contribution in [0.15, 0.2) is 10.9 Å². The van der Waals surface area contributed by atoms with Gasteiger partial charge in [-0.1, -0.05) is 18.3 Å². The van der Waals surface area contributed by atoms with E-state index in [-0.39, 0.29) is 23.0 Å². The van der Waals surface area contributed by atoms with Crippen LogP contribution in [0, 0.1) is 5.41 Å². The van der Waals surface area contributed by atoms with Crippen LogP contribution in [0.5, 0.6) is 0 Å². The van der Waals surface area contributed by atoms with Crippen LogP contribution in [-0.4, -0.2) is 70.2 Å². The lowest BCUT2D eigenvalue weighted by atomic mass is 9.71. The molecule has 8 nitrogen and oxygen atoms in total. The third-order valence-corrected chi connectivity index (χ3v) is 7.12. The van der Waals surface area contributed by atoms with Crippen molar-refractivity contribution in [3.63, 3.8) is 0 Å². The van der Waals surface area contributed by atoms with E-state index >= 15 is 0 Å². The van der Waals surface area contributed by atoms with E-state index < -0.39 is 0 Å². The van der Waals surface area contributed by atoms with Gasteiger partial charge in [0.15, 0.2) is 0 Å². The van der Waals surface area contributed by atoms with Gasteiger partial charge in [0.1, 0.15) is 5.01 Å². The molecule has 1 amide bonds. The molecule has 2 saturated heterocycles. The lowest BCUT2D eigenvalue weighted by Gasteiger charge is -2.47. The first-order valence-electron chi connectivity index (χ1n) is 9.83. The van der Waals surface area contributed by atoms with Crippen LogP contribution in [0.4, 0.5) is 0 Å². The van der Waals surface area contributed by atoms with Gasteiger partial charge >= 0.3 is 0 Å². The van der Waals surface area contributed by atoms with Gasteiger partial charge < -0.3 is 9.64 Å². The standard InChI is InChI=1S/C19H27N5O3S/c1-4-15-21-24-16(25)9-13(20-18(24)28-15)11-23-7-5-19(6-8-23)10-14(27-3)12-22(2)17(19)26/h9,14H,4-8,10-12H2,1-3H3. The summed E-state index contributed by atoms with van der Waals surface area (Å²) >= 11 is 1.47. The molecular weight excluding hydrogens is 378 g/mol. The molecule has 0 aliphatic carbocycles. The fraction of sp³-hybridized carbons (Fsp3) is 0.684. The molecule has 1 unspecified atom stereocenters. The Balaban J connectivity index is 1.46. The Labute approximate surface area is 168 Å². The SMILES string of the molecule is CCc1nn2c(=O)cc(CN3CCC4(CC3)CC(OC)CN(C)C4=O)nc2s1. The summed E-state index contributed by atoms with van der Waals surface area (Å²) in [6.07, 6.45) is 3.34. The molecule has 2 aliphatic rings. The second kappa shape index (κ2) is 7.53. The molecule has 0 aromatic carbocycles. The van der Waals surface area contributed by atoms with E-state index in [0.29, 0.717) is 18.1 Å². The third kappa shape index (κ3) is 3.46. The number of amides is 1. The summed E-state index contributed by atoms with van der Waals surface area (Å²) in [5.41, 5.74) is 0.333. The molecule has 4 rings (SSSR count). The average Bonchev–Trinajstić information content (AvgIpc) is 3.11. The monoisotopic (exact) mass is 405 g/mol. The fourth-order valence-electron chi connectivity index (χ4n) is 4.44. The largest absolute Gasteiger partial charge is 0.380 e. The molecule has 0 radical (unpaired) electrons. The molecule has 28 heavy (non-hydrogen) atoms. The van der Waals surface area contributed by atoms with Crippen molar-refractivity contribution in [1.29, 1.82) is 0 Å². The zero-order chi connectivity index (χ0) is 19.9. The van der Waals surface area contributed by atoms with Gasteiger partial charge in [-0.2, -0.15) is 9.61 Å². The summed E-state index contributed by atoms with van der Waals surface area (Å²) in [6.45, 7) is 4.95. The Morgan fingerprint density at radius 2 is 2.07 bits per heavy atom. The average molecular weight is 406 g/mol. The van der Waals surface area contributed by atoms with Crippen LogP contribution in [0.25, 0.3) is 4.96 Å². The van der Waals surface area contributed by atoms with Gasteiger partial charge in [-0.15, -0.1) is 0 Å². The number of methoxy groups -OCH3 is 1. The molecule has 1 atom stereocenters. The fourth-order valence-corrected chi connectivity index (χ4v) is 5.30. The maximum absolute atomic E-state index is 12.8. The molecule has 2 aromatic heterocycles. The van der Waals surface area contributed by atoms with Crippen LogP contribution in [0.3, 0.4) is 0 Å². The molecule has 2 fully saturated rings. The molecule has 0 bridgehead atoms. The highest BCUT2D eigenvalue weighted by molar-refractivity contribution is 7.16. The minimum atomic E-state index is -0.311. The Morgan fingerprint density at radius 3 is 2.75 bits per heavy atom. The van der Waals surface area contributed by atoms with E-state index in [1.807, 2.05) is 18.9 Å². The molecule has 9 heteroatoms. The Hall–Kier alpha value is -1.84. The number of carbonyl (C=O) groups excluding carboxylic acids is 1. The van der Waals surface area contributed by atoms with E-state index in [1.54, 1.807) is 13.2 Å². The number of likely N-dealkylation sites (tertiary alicyclic amines) is 2. The van der Waals surface area contributed by atoms with Crippen molar-refractivity contribution in [1.82, 2.24) is 24.4 Å². The van der Waals surface area contributed by atoms with E-state index in [9.17, 15) is 9.59 Å². The van der Waals surface area contributed by atoms with Crippen molar-refractivity contribution in [3.8, 4) is 0 Å². The molecule has 1 spiro atoms. The Kier molecular flexibility index (Phi) is 5.24. The highest BCUT2D eigenvalue weighted by atomic mass is 32.1. The highest BCUT2D eigenvalue weighted by Crippen LogP contribution is 2.41. The van der Waals surface area contributed by atoms with Gasteiger partial charge in [-0.05, 0) is 38.8 Å². The summed E-state index contributed by atoms with van der Waals surface area (Å²) in [7, 11) is 3.59. The molecule has 2 aliphatic heterocycles. The zero-order valence-electron chi connectivity index (χ0n) is 16.7. The number of ether oxygens (including phenoxy) is 1. The minimum Gasteiger partial charge on any atom is -0.380 e. The number of hydrogen-bond donors (Lipinski definition) is 0. The Morgan fingerprint density at radius 1 is 1.32 bits per heavy atom. The van der Waals surface area contributed by atoms with Crippen LogP contribution in [0.1, 0.15) is 36.9 Å². The van der Waals surface area contributed by atoms with Crippen molar-refractivity contribution in [2.75, 3.05) is 33.8 Å². The summed E-state index contributed by atoms with van der Waals surface area (Å²) in [5.74, 6) is 0.245. The van der Waals surface area contributed by atoms with Crippen molar-refractivity contribution < 1.29 is 9.53 Å². The first-order chi connectivity index (χ1) is 13.4. The maximum Gasteiger partial charge on any atom is 0.275 e. The smallest absolute Gasteiger partial charge is 0.275 e. The quantitative estimate of drug-likeness (QED) is 0.760. The second-order valence-electron chi connectivity index (χ2n) is 7.93. The molecule has 0 saturated carbocycles. The maximum atomic E-state index is 12.8. The first-order valence-corrected chi connectivity index (χ1v) is 10.6. The van der Waals surface area contributed by atoms with Crippen LogP contribution >= 0.6 is 11.3 Å². The van der Waals surface area contributed by atoms with Gasteiger partial charge in [0.05, 0.1) is 17.2 Å². The summed E-state index contributed by atoms with van der Waals surface area (Å²) in [6, 6.07) is 1.58. The van der Waals surface area contributed by atoms with E-state index in [2.05, 4.69) is 15.0 Å². The number of aryl methyl sites for hydroxylation is 1. The van der Waals surface area contributed by atoms with Crippen LogP contribution in [0.2, 0.25) is 0 Å². The van der Waals surface area contributed by atoms with Crippen molar-refractivity contribution in [3.05, 3.63) is 27.1 Å². The van der Waals surface area contributed by atoms with Gasteiger partial charge in [-0.25, -0.2) is 4.98 Å². The number of aromatic nitrogens is 3. The van der Waals surface area contributed by atoms with Crippen molar-refractivity contribution >= 4 is 22.2 Å². The highest BCUT2D eigenvalue weighted by Gasteiger charge is 2.47. The Bertz CT molecular complexity index is 931.